The Kier molecular flexibility index (Phi) is 2.07. The van der Waals surface area contributed by atoms with Crippen LogP contribution in [-0.4, -0.2) is 19.4 Å². The molecule has 3 N–H and O–H groups in total. The standard InChI is InChI=1S/C7H11N3S/c1-4-11-5-6(1)10-7-8-2-3-9-7/h1,4-5,7-10H,2-3H2. The van der Waals surface area contributed by atoms with E-state index in [9.17, 15) is 0 Å². The summed E-state index contributed by atoms with van der Waals surface area (Å²) in [5.74, 6) is 0. The van der Waals surface area contributed by atoms with E-state index in [1.165, 1.54) is 5.69 Å². The molecule has 0 atom stereocenters. The Balaban J connectivity index is 1.90. The van der Waals surface area contributed by atoms with Crippen molar-refractivity contribution in [2.45, 2.75) is 6.29 Å². The molecule has 0 bridgehead atoms. The fourth-order valence-corrected chi connectivity index (χ4v) is 1.72. The lowest BCUT2D eigenvalue weighted by Gasteiger charge is -2.12. The largest absolute Gasteiger partial charge is 0.357 e. The Morgan fingerprint density at radius 2 is 2.27 bits per heavy atom. The highest BCUT2D eigenvalue weighted by Crippen LogP contribution is 2.12. The number of hydrogen-bond acceptors (Lipinski definition) is 4. The minimum absolute atomic E-state index is 0.254. The Labute approximate surface area is 69.8 Å². The van der Waals surface area contributed by atoms with Gasteiger partial charge in [0.05, 0.1) is 0 Å². The van der Waals surface area contributed by atoms with Crippen LogP contribution in [0.4, 0.5) is 5.69 Å². The van der Waals surface area contributed by atoms with Crippen molar-refractivity contribution in [2.75, 3.05) is 18.4 Å². The van der Waals surface area contributed by atoms with Gasteiger partial charge >= 0.3 is 0 Å². The lowest BCUT2D eigenvalue weighted by atomic mass is 10.5. The first-order valence-corrected chi connectivity index (χ1v) is 4.65. The predicted molar refractivity (Wildman–Crippen MR) is 47.7 cm³/mol. The van der Waals surface area contributed by atoms with Gasteiger partial charge in [-0.05, 0) is 11.4 Å². The summed E-state index contributed by atoms with van der Waals surface area (Å²) >= 11 is 1.70. The quantitative estimate of drug-likeness (QED) is 0.608. The van der Waals surface area contributed by atoms with Gasteiger partial charge in [0.2, 0.25) is 0 Å². The van der Waals surface area contributed by atoms with E-state index in [-0.39, 0.29) is 6.29 Å². The smallest absolute Gasteiger partial charge is 0.132 e. The molecule has 11 heavy (non-hydrogen) atoms. The van der Waals surface area contributed by atoms with Gasteiger partial charge in [-0.2, -0.15) is 11.3 Å². The second kappa shape index (κ2) is 3.21. The summed E-state index contributed by atoms with van der Waals surface area (Å²) in [5.41, 5.74) is 1.18. The number of hydrogen-bond donors (Lipinski definition) is 3. The van der Waals surface area contributed by atoms with Crippen LogP contribution in [0.15, 0.2) is 16.8 Å². The second-order valence-corrected chi connectivity index (χ2v) is 3.28. The summed E-state index contributed by atoms with van der Waals surface area (Å²) < 4.78 is 0. The molecule has 1 saturated heterocycles. The van der Waals surface area contributed by atoms with Crippen molar-refractivity contribution < 1.29 is 0 Å². The van der Waals surface area contributed by atoms with E-state index in [0.717, 1.165) is 13.1 Å². The average molecular weight is 169 g/mol. The van der Waals surface area contributed by atoms with Crippen LogP contribution in [0.1, 0.15) is 0 Å². The molecule has 0 unspecified atom stereocenters. The van der Waals surface area contributed by atoms with Crippen molar-refractivity contribution in [3.63, 3.8) is 0 Å². The van der Waals surface area contributed by atoms with Crippen LogP contribution in [0.25, 0.3) is 0 Å². The molecule has 1 aliphatic heterocycles. The van der Waals surface area contributed by atoms with Gasteiger partial charge in [-0.3, -0.25) is 10.6 Å². The van der Waals surface area contributed by atoms with Crippen LogP contribution in [0.5, 0.6) is 0 Å². The van der Waals surface area contributed by atoms with Gasteiger partial charge in [0.25, 0.3) is 0 Å². The molecular weight excluding hydrogens is 158 g/mol. The minimum atomic E-state index is 0.254. The van der Waals surface area contributed by atoms with Crippen LogP contribution in [0.3, 0.4) is 0 Å². The van der Waals surface area contributed by atoms with Gasteiger partial charge in [-0.15, -0.1) is 0 Å². The summed E-state index contributed by atoms with van der Waals surface area (Å²) in [6.07, 6.45) is 0.254. The molecule has 0 radical (unpaired) electrons. The molecule has 1 aliphatic rings. The van der Waals surface area contributed by atoms with Gasteiger partial charge in [-0.25, -0.2) is 0 Å². The third-order valence-corrected chi connectivity index (χ3v) is 2.34. The topological polar surface area (TPSA) is 36.1 Å². The van der Waals surface area contributed by atoms with Gasteiger partial charge in [0.1, 0.15) is 6.29 Å². The van der Waals surface area contributed by atoms with Crippen LogP contribution in [-0.2, 0) is 0 Å². The zero-order valence-electron chi connectivity index (χ0n) is 6.13. The second-order valence-electron chi connectivity index (χ2n) is 2.50. The molecule has 0 amide bonds. The molecule has 1 fully saturated rings. The van der Waals surface area contributed by atoms with Gasteiger partial charge in [-0.1, -0.05) is 0 Å². The molecule has 0 saturated carbocycles. The zero-order valence-corrected chi connectivity index (χ0v) is 6.95. The number of nitrogens with one attached hydrogen (secondary N) is 3. The van der Waals surface area contributed by atoms with Gasteiger partial charge in [0.15, 0.2) is 0 Å². The Morgan fingerprint density at radius 1 is 1.45 bits per heavy atom. The molecule has 2 rings (SSSR count). The first-order chi connectivity index (χ1) is 5.45. The van der Waals surface area contributed by atoms with Crippen molar-refractivity contribution in [3.8, 4) is 0 Å². The first kappa shape index (κ1) is 7.09. The summed E-state index contributed by atoms with van der Waals surface area (Å²) in [6.45, 7) is 2.09. The van der Waals surface area contributed by atoms with E-state index >= 15 is 0 Å². The molecule has 0 aromatic carbocycles. The first-order valence-electron chi connectivity index (χ1n) is 3.71. The fourth-order valence-electron chi connectivity index (χ4n) is 1.12. The molecule has 0 aliphatic carbocycles. The van der Waals surface area contributed by atoms with E-state index in [1.54, 1.807) is 11.3 Å². The third-order valence-electron chi connectivity index (χ3n) is 1.65. The molecule has 4 heteroatoms. The molecule has 3 nitrogen and oxygen atoms in total. The van der Waals surface area contributed by atoms with Crippen molar-refractivity contribution in [2.24, 2.45) is 0 Å². The molecule has 60 valence electrons. The van der Waals surface area contributed by atoms with Crippen molar-refractivity contribution in [1.29, 1.82) is 0 Å². The molecule has 1 aromatic rings. The van der Waals surface area contributed by atoms with Crippen molar-refractivity contribution in [3.05, 3.63) is 16.8 Å². The van der Waals surface area contributed by atoms with E-state index in [0.29, 0.717) is 0 Å². The highest BCUT2D eigenvalue weighted by Gasteiger charge is 2.11. The fraction of sp³-hybridized carbons (Fsp3) is 0.429. The summed E-state index contributed by atoms with van der Waals surface area (Å²) in [6, 6.07) is 2.08. The Hall–Kier alpha value is -0.580. The zero-order chi connectivity index (χ0) is 7.52. The highest BCUT2D eigenvalue weighted by atomic mass is 32.1. The average Bonchev–Trinajstić information content (AvgIpc) is 2.60. The number of thiophene rings is 1. The summed E-state index contributed by atoms with van der Waals surface area (Å²) in [5, 5.41) is 14.0. The van der Waals surface area contributed by atoms with E-state index in [4.69, 9.17) is 0 Å². The van der Waals surface area contributed by atoms with Crippen LogP contribution >= 0.6 is 11.3 Å². The maximum absolute atomic E-state index is 3.31. The van der Waals surface area contributed by atoms with Gasteiger partial charge in [0, 0.05) is 24.2 Å². The van der Waals surface area contributed by atoms with E-state index in [1.807, 2.05) is 0 Å². The summed E-state index contributed by atoms with van der Waals surface area (Å²) in [7, 11) is 0. The Morgan fingerprint density at radius 3 is 2.91 bits per heavy atom. The summed E-state index contributed by atoms with van der Waals surface area (Å²) in [4.78, 5) is 0. The van der Waals surface area contributed by atoms with Gasteiger partial charge < -0.3 is 5.32 Å². The molecule has 1 aromatic heterocycles. The lowest BCUT2D eigenvalue weighted by Crippen LogP contribution is -2.38. The van der Waals surface area contributed by atoms with Crippen LogP contribution < -0.4 is 16.0 Å². The maximum atomic E-state index is 3.31. The lowest BCUT2D eigenvalue weighted by molar-refractivity contribution is 0.621. The van der Waals surface area contributed by atoms with Crippen LogP contribution in [0.2, 0.25) is 0 Å². The Bertz CT molecular complexity index is 203. The molecule has 0 spiro atoms. The van der Waals surface area contributed by atoms with E-state index in [2.05, 4.69) is 32.8 Å². The van der Waals surface area contributed by atoms with Crippen LogP contribution in [0, 0.1) is 0 Å². The third kappa shape index (κ3) is 1.71. The highest BCUT2D eigenvalue weighted by molar-refractivity contribution is 7.08. The van der Waals surface area contributed by atoms with Crippen molar-refractivity contribution in [1.82, 2.24) is 10.6 Å². The minimum Gasteiger partial charge on any atom is -0.357 e. The van der Waals surface area contributed by atoms with Crippen molar-refractivity contribution >= 4 is 17.0 Å². The molecular formula is C7H11N3S. The SMILES string of the molecule is c1cc(NC2NCCN2)cs1. The molecule has 2 heterocycles. The van der Waals surface area contributed by atoms with E-state index < -0.39 is 0 Å². The maximum Gasteiger partial charge on any atom is 0.132 e. The number of rotatable bonds is 2. The number of anilines is 1. The predicted octanol–water partition coefficient (Wildman–Crippen LogP) is 0.636. The normalized spacial score (nSPS) is 18.9. The monoisotopic (exact) mass is 169 g/mol.